The first-order valence-electron chi connectivity index (χ1n) is 4.12. The molecule has 80 valence electrons. The van der Waals surface area contributed by atoms with E-state index in [0.29, 0.717) is 11.3 Å². The number of rotatable bonds is 4. The Kier molecular flexibility index (Phi) is 3.60. The third-order valence-corrected chi connectivity index (χ3v) is 2.22. The van der Waals surface area contributed by atoms with Gasteiger partial charge in [0, 0.05) is 0 Å². The summed E-state index contributed by atoms with van der Waals surface area (Å²) in [5.41, 5.74) is 1.06. The van der Waals surface area contributed by atoms with Gasteiger partial charge >= 0.3 is 0 Å². The zero-order chi connectivity index (χ0) is 11.3. The summed E-state index contributed by atoms with van der Waals surface area (Å²) in [6, 6.07) is 6.73. The third-order valence-electron chi connectivity index (χ3n) is 1.63. The summed E-state index contributed by atoms with van der Waals surface area (Å²) in [5, 5.41) is 0. The molecular formula is C9H10N2O3S. The van der Waals surface area contributed by atoms with Crippen molar-refractivity contribution in [3.63, 3.8) is 0 Å². The van der Waals surface area contributed by atoms with Gasteiger partial charge in [-0.3, -0.25) is 4.72 Å². The van der Waals surface area contributed by atoms with Gasteiger partial charge in [-0.1, -0.05) is 18.2 Å². The molecule has 0 aliphatic rings. The number of nitrogens with zero attached hydrogens (tertiary/aromatic N) is 1. The van der Waals surface area contributed by atoms with Crippen molar-refractivity contribution in [2.75, 3.05) is 11.0 Å². The zero-order valence-corrected chi connectivity index (χ0v) is 8.91. The Labute approximate surface area is 87.9 Å². The normalized spacial score (nSPS) is 10.5. The van der Waals surface area contributed by atoms with E-state index in [9.17, 15) is 13.2 Å². The summed E-state index contributed by atoms with van der Waals surface area (Å²) < 4.78 is 24.4. The standard InChI is InChI=1S/C9H10N2O3S/c1-15(13,14)11-9-5-3-2-4-8(9)6-10-7-12/h2-5,11H,6H2,1H3. The fourth-order valence-corrected chi connectivity index (χ4v) is 1.67. The number of nitrogens with one attached hydrogen (secondary N) is 1. The van der Waals surface area contributed by atoms with Crippen LogP contribution in [0.1, 0.15) is 5.56 Å². The highest BCUT2D eigenvalue weighted by molar-refractivity contribution is 7.92. The van der Waals surface area contributed by atoms with Crippen LogP contribution in [0.15, 0.2) is 29.3 Å². The Hall–Kier alpha value is -1.65. The van der Waals surface area contributed by atoms with E-state index in [1.807, 2.05) is 0 Å². The highest BCUT2D eigenvalue weighted by atomic mass is 32.2. The maximum absolute atomic E-state index is 11.0. The van der Waals surface area contributed by atoms with Crippen LogP contribution in [0.25, 0.3) is 0 Å². The lowest BCUT2D eigenvalue weighted by molar-refractivity contribution is 0.563. The van der Waals surface area contributed by atoms with Crippen molar-refractivity contribution < 1.29 is 13.2 Å². The summed E-state index contributed by atoms with van der Waals surface area (Å²) in [6.07, 6.45) is 2.47. The molecule has 1 rings (SSSR count). The van der Waals surface area contributed by atoms with E-state index in [0.717, 1.165) is 6.26 Å². The molecule has 0 fully saturated rings. The van der Waals surface area contributed by atoms with Gasteiger partial charge < -0.3 is 0 Å². The molecule has 1 aromatic carbocycles. The maximum Gasteiger partial charge on any atom is 0.235 e. The topological polar surface area (TPSA) is 75.6 Å². The number of hydrogen-bond acceptors (Lipinski definition) is 4. The van der Waals surface area contributed by atoms with Gasteiger partial charge in [-0.25, -0.2) is 18.2 Å². The molecule has 1 N–H and O–H groups in total. The molecular weight excluding hydrogens is 216 g/mol. The molecule has 0 aliphatic heterocycles. The van der Waals surface area contributed by atoms with Crippen LogP contribution in [0.2, 0.25) is 0 Å². The Morgan fingerprint density at radius 1 is 1.40 bits per heavy atom. The van der Waals surface area contributed by atoms with Gasteiger partial charge in [0.25, 0.3) is 0 Å². The highest BCUT2D eigenvalue weighted by Crippen LogP contribution is 2.16. The number of para-hydroxylation sites is 1. The number of benzene rings is 1. The predicted octanol–water partition coefficient (Wildman–Crippen LogP) is 0.894. The molecule has 0 amide bonds. The van der Waals surface area contributed by atoms with Gasteiger partial charge in [0.15, 0.2) is 0 Å². The van der Waals surface area contributed by atoms with Crippen molar-refractivity contribution in [1.29, 1.82) is 0 Å². The minimum Gasteiger partial charge on any atom is -0.283 e. The van der Waals surface area contributed by atoms with E-state index in [1.54, 1.807) is 24.3 Å². The Morgan fingerprint density at radius 2 is 2.07 bits per heavy atom. The lowest BCUT2D eigenvalue weighted by Crippen LogP contribution is -2.11. The molecule has 0 heterocycles. The van der Waals surface area contributed by atoms with E-state index in [1.165, 1.54) is 6.08 Å². The molecule has 0 aromatic heterocycles. The lowest BCUT2D eigenvalue weighted by atomic mass is 10.2. The fourth-order valence-electron chi connectivity index (χ4n) is 1.07. The molecule has 0 bridgehead atoms. The second-order valence-electron chi connectivity index (χ2n) is 2.94. The van der Waals surface area contributed by atoms with E-state index in [4.69, 9.17) is 0 Å². The van der Waals surface area contributed by atoms with E-state index in [2.05, 4.69) is 9.71 Å². The van der Waals surface area contributed by atoms with Gasteiger partial charge in [-0.2, -0.15) is 0 Å². The number of hydrogen-bond donors (Lipinski definition) is 1. The number of sulfonamides is 1. The number of isocyanates is 1. The molecule has 0 atom stereocenters. The van der Waals surface area contributed by atoms with Crippen LogP contribution in [-0.2, 0) is 21.4 Å². The van der Waals surface area contributed by atoms with Crippen LogP contribution in [-0.4, -0.2) is 20.8 Å². The zero-order valence-electron chi connectivity index (χ0n) is 8.10. The monoisotopic (exact) mass is 226 g/mol. The predicted molar refractivity (Wildman–Crippen MR) is 56.7 cm³/mol. The summed E-state index contributed by atoms with van der Waals surface area (Å²) in [5.74, 6) is 0. The van der Waals surface area contributed by atoms with Gasteiger partial charge in [-0.05, 0) is 11.6 Å². The summed E-state index contributed by atoms with van der Waals surface area (Å²) >= 11 is 0. The Morgan fingerprint density at radius 3 is 2.67 bits per heavy atom. The quantitative estimate of drug-likeness (QED) is 0.612. The Bertz CT molecular complexity index is 490. The molecule has 6 heteroatoms. The van der Waals surface area contributed by atoms with Gasteiger partial charge in [0.1, 0.15) is 0 Å². The number of anilines is 1. The van der Waals surface area contributed by atoms with E-state index >= 15 is 0 Å². The van der Waals surface area contributed by atoms with Crippen LogP contribution in [0.3, 0.4) is 0 Å². The van der Waals surface area contributed by atoms with Crippen molar-refractivity contribution in [3.05, 3.63) is 29.8 Å². The first kappa shape index (κ1) is 11.4. The van der Waals surface area contributed by atoms with Crippen molar-refractivity contribution in [1.82, 2.24) is 0 Å². The minimum absolute atomic E-state index is 0.113. The molecule has 0 radical (unpaired) electrons. The van der Waals surface area contributed by atoms with Crippen LogP contribution in [0.5, 0.6) is 0 Å². The van der Waals surface area contributed by atoms with E-state index < -0.39 is 10.0 Å². The summed E-state index contributed by atoms with van der Waals surface area (Å²) in [7, 11) is -3.31. The average molecular weight is 226 g/mol. The summed E-state index contributed by atoms with van der Waals surface area (Å²) in [6.45, 7) is 0.113. The van der Waals surface area contributed by atoms with Crippen LogP contribution in [0.4, 0.5) is 5.69 Å². The maximum atomic E-state index is 11.0. The average Bonchev–Trinajstić information content (AvgIpc) is 2.14. The Balaban J connectivity index is 3.01. The fraction of sp³-hybridized carbons (Fsp3) is 0.222. The molecule has 1 aromatic rings. The SMILES string of the molecule is CS(=O)(=O)Nc1ccccc1CN=C=O. The van der Waals surface area contributed by atoms with Crippen LogP contribution >= 0.6 is 0 Å². The highest BCUT2D eigenvalue weighted by Gasteiger charge is 2.05. The van der Waals surface area contributed by atoms with Gasteiger partial charge in [-0.15, -0.1) is 0 Å². The largest absolute Gasteiger partial charge is 0.283 e. The second kappa shape index (κ2) is 4.72. The second-order valence-corrected chi connectivity index (χ2v) is 4.69. The summed E-state index contributed by atoms with van der Waals surface area (Å²) in [4.78, 5) is 13.3. The van der Waals surface area contributed by atoms with Gasteiger partial charge in [0.05, 0.1) is 18.5 Å². The van der Waals surface area contributed by atoms with Crippen molar-refractivity contribution in [2.24, 2.45) is 4.99 Å². The molecule has 0 aliphatic carbocycles. The minimum atomic E-state index is -3.31. The van der Waals surface area contributed by atoms with Crippen LogP contribution in [0, 0.1) is 0 Å². The van der Waals surface area contributed by atoms with Gasteiger partial charge in [0.2, 0.25) is 16.1 Å². The first-order valence-corrected chi connectivity index (χ1v) is 6.01. The molecule has 5 nitrogen and oxygen atoms in total. The molecule has 0 unspecified atom stereocenters. The van der Waals surface area contributed by atoms with Crippen molar-refractivity contribution >= 4 is 21.8 Å². The van der Waals surface area contributed by atoms with E-state index in [-0.39, 0.29) is 6.54 Å². The van der Waals surface area contributed by atoms with Crippen LogP contribution < -0.4 is 4.72 Å². The smallest absolute Gasteiger partial charge is 0.235 e. The number of carbonyl (C=O) groups excluding carboxylic acids is 1. The number of aliphatic imine (C=N–C) groups is 1. The third kappa shape index (κ3) is 3.93. The molecule has 15 heavy (non-hydrogen) atoms. The molecule has 0 saturated heterocycles. The van der Waals surface area contributed by atoms with Crippen molar-refractivity contribution in [3.8, 4) is 0 Å². The molecule has 0 saturated carbocycles. The first-order chi connectivity index (χ1) is 7.03. The molecule has 0 spiro atoms. The lowest BCUT2D eigenvalue weighted by Gasteiger charge is -2.07. The van der Waals surface area contributed by atoms with Crippen molar-refractivity contribution in [2.45, 2.75) is 6.54 Å².